The molecule has 0 saturated heterocycles. The summed E-state index contributed by atoms with van der Waals surface area (Å²) in [4.78, 5) is 24.5. The number of hydrogen-bond acceptors (Lipinski definition) is 5. The van der Waals surface area contributed by atoms with E-state index in [9.17, 15) is 9.59 Å². The number of amides is 2. The number of rotatable bonds is 9. The van der Waals surface area contributed by atoms with Crippen molar-refractivity contribution >= 4 is 11.8 Å². The van der Waals surface area contributed by atoms with Crippen LogP contribution in [-0.2, 0) is 10.2 Å². The minimum Gasteiger partial charge on any atom is -0.497 e. The van der Waals surface area contributed by atoms with Crippen LogP contribution >= 0.6 is 0 Å². The number of nitrogens with one attached hydrogen (secondary N) is 2. The maximum atomic E-state index is 12.3. The Hall–Kier alpha value is -3.22. The van der Waals surface area contributed by atoms with Crippen molar-refractivity contribution in [1.82, 2.24) is 10.6 Å². The molecule has 0 aliphatic carbocycles. The summed E-state index contributed by atoms with van der Waals surface area (Å²) in [6, 6.07) is 10.9. The highest BCUT2D eigenvalue weighted by molar-refractivity contribution is 5.95. The van der Waals surface area contributed by atoms with Crippen LogP contribution in [0.4, 0.5) is 0 Å². The number of ether oxygens (including phenoxy) is 3. The lowest BCUT2D eigenvalue weighted by Crippen LogP contribution is -2.37. The third kappa shape index (κ3) is 7.20. The number of benzene rings is 2. The van der Waals surface area contributed by atoms with Gasteiger partial charge in [-0.2, -0.15) is 0 Å². The van der Waals surface area contributed by atoms with E-state index < -0.39 is 0 Å². The Morgan fingerprint density at radius 3 is 2.10 bits per heavy atom. The molecule has 2 amide bonds. The molecule has 2 aromatic carbocycles. The van der Waals surface area contributed by atoms with Crippen molar-refractivity contribution in [3.05, 3.63) is 53.1 Å². The van der Waals surface area contributed by atoms with Gasteiger partial charge in [0.05, 0.1) is 14.2 Å². The molecule has 31 heavy (non-hydrogen) atoms. The second kappa shape index (κ2) is 10.7. The third-order valence-corrected chi connectivity index (χ3v) is 4.65. The summed E-state index contributed by atoms with van der Waals surface area (Å²) in [5, 5.41) is 5.51. The second-order valence-electron chi connectivity index (χ2n) is 8.25. The van der Waals surface area contributed by atoms with Gasteiger partial charge in [0.15, 0.2) is 6.61 Å². The Kier molecular flexibility index (Phi) is 8.30. The van der Waals surface area contributed by atoms with E-state index in [0.29, 0.717) is 22.8 Å². The van der Waals surface area contributed by atoms with Crippen molar-refractivity contribution in [2.75, 3.05) is 33.9 Å². The molecule has 7 heteroatoms. The summed E-state index contributed by atoms with van der Waals surface area (Å²) in [6.45, 7) is 8.83. The maximum Gasteiger partial charge on any atom is 0.258 e. The molecule has 0 saturated carbocycles. The minimum absolute atomic E-state index is 0.0901. The van der Waals surface area contributed by atoms with E-state index in [1.54, 1.807) is 18.2 Å². The van der Waals surface area contributed by atoms with Crippen LogP contribution in [0, 0.1) is 6.92 Å². The number of hydrogen-bond donors (Lipinski definition) is 2. The third-order valence-electron chi connectivity index (χ3n) is 4.65. The van der Waals surface area contributed by atoms with E-state index in [2.05, 4.69) is 37.5 Å². The molecule has 0 heterocycles. The molecule has 168 valence electrons. The Morgan fingerprint density at radius 2 is 1.52 bits per heavy atom. The van der Waals surface area contributed by atoms with Crippen LogP contribution in [-0.4, -0.2) is 45.7 Å². The van der Waals surface area contributed by atoms with Gasteiger partial charge in [0.2, 0.25) is 0 Å². The molecular formula is C24H32N2O5. The number of carbonyl (C=O) groups is 2. The molecule has 0 atom stereocenters. The zero-order chi connectivity index (χ0) is 23.0. The van der Waals surface area contributed by atoms with Gasteiger partial charge in [0, 0.05) is 24.7 Å². The molecule has 0 radical (unpaired) electrons. The molecule has 2 rings (SSSR count). The van der Waals surface area contributed by atoms with Crippen molar-refractivity contribution in [1.29, 1.82) is 0 Å². The molecule has 0 aliphatic rings. The molecule has 0 aromatic heterocycles. The highest BCUT2D eigenvalue weighted by Crippen LogP contribution is 2.32. The van der Waals surface area contributed by atoms with Gasteiger partial charge in [0.25, 0.3) is 11.8 Å². The number of methoxy groups -OCH3 is 2. The highest BCUT2D eigenvalue weighted by atomic mass is 16.5. The first-order valence-electron chi connectivity index (χ1n) is 10.2. The second-order valence-corrected chi connectivity index (χ2v) is 8.25. The Balaban J connectivity index is 1.81. The Labute approximate surface area is 184 Å². The van der Waals surface area contributed by atoms with Crippen molar-refractivity contribution in [2.24, 2.45) is 0 Å². The predicted octanol–water partition coefficient (Wildman–Crippen LogP) is 3.23. The fraction of sp³-hybridized carbons (Fsp3) is 0.417. The average molecular weight is 429 g/mol. The van der Waals surface area contributed by atoms with Crippen molar-refractivity contribution in [2.45, 2.75) is 33.1 Å². The summed E-state index contributed by atoms with van der Waals surface area (Å²) < 4.78 is 16.1. The van der Waals surface area contributed by atoms with Gasteiger partial charge >= 0.3 is 0 Å². The fourth-order valence-corrected chi connectivity index (χ4v) is 2.97. The van der Waals surface area contributed by atoms with E-state index in [-0.39, 0.29) is 36.9 Å². The summed E-state index contributed by atoms with van der Waals surface area (Å²) in [7, 11) is 3.05. The molecule has 0 aliphatic heterocycles. The predicted molar refractivity (Wildman–Crippen MR) is 120 cm³/mol. The van der Waals surface area contributed by atoms with E-state index in [1.807, 2.05) is 19.1 Å². The van der Waals surface area contributed by atoms with E-state index in [4.69, 9.17) is 14.2 Å². The Morgan fingerprint density at radius 1 is 0.903 bits per heavy atom. The van der Waals surface area contributed by atoms with Crippen molar-refractivity contribution < 1.29 is 23.8 Å². The van der Waals surface area contributed by atoms with E-state index in [0.717, 1.165) is 11.1 Å². The standard InChI is InChI=1S/C24H32N2O5/c1-16-7-8-21(20(11-16)24(2,3)4)31-15-22(27)25-9-10-26-23(28)17-12-18(29-5)14-19(13-17)30-6/h7-8,11-14H,9-10,15H2,1-6H3,(H,25,27)(H,26,28). The van der Waals surface area contributed by atoms with Crippen LogP contribution in [0.2, 0.25) is 0 Å². The van der Waals surface area contributed by atoms with Gasteiger partial charge in [-0.1, -0.05) is 38.5 Å². The van der Waals surface area contributed by atoms with Crippen molar-refractivity contribution in [3.63, 3.8) is 0 Å². The molecule has 7 nitrogen and oxygen atoms in total. The first kappa shape index (κ1) is 24.1. The molecule has 2 N–H and O–H groups in total. The van der Waals surface area contributed by atoms with Crippen LogP contribution in [0.15, 0.2) is 36.4 Å². The first-order chi connectivity index (χ1) is 14.6. The van der Waals surface area contributed by atoms with E-state index >= 15 is 0 Å². The summed E-state index contributed by atoms with van der Waals surface area (Å²) >= 11 is 0. The average Bonchev–Trinajstić information content (AvgIpc) is 2.74. The Bertz CT molecular complexity index is 896. The maximum absolute atomic E-state index is 12.3. The summed E-state index contributed by atoms with van der Waals surface area (Å²) in [5.74, 6) is 1.23. The van der Waals surface area contributed by atoms with Crippen LogP contribution < -0.4 is 24.8 Å². The zero-order valence-corrected chi connectivity index (χ0v) is 19.1. The number of aryl methyl sites for hydroxylation is 1. The SMILES string of the molecule is COc1cc(OC)cc(C(=O)NCCNC(=O)COc2ccc(C)cc2C(C)(C)C)c1. The summed E-state index contributed by atoms with van der Waals surface area (Å²) in [6.07, 6.45) is 0. The largest absolute Gasteiger partial charge is 0.497 e. The minimum atomic E-state index is -0.280. The molecule has 0 unspecified atom stereocenters. The molecule has 0 fully saturated rings. The normalized spacial score (nSPS) is 10.9. The number of carbonyl (C=O) groups excluding carboxylic acids is 2. The van der Waals surface area contributed by atoms with Crippen LogP contribution in [0.5, 0.6) is 17.2 Å². The lowest BCUT2D eigenvalue weighted by molar-refractivity contribution is -0.123. The lowest BCUT2D eigenvalue weighted by Gasteiger charge is -2.23. The van der Waals surface area contributed by atoms with Gasteiger partial charge in [-0.05, 0) is 36.1 Å². The lowest BCUT2D eigenvalue weighted by atomic mass is 9.85. The topological polar surface area (TPSA) is 85.9 Å². The van der Waals surface area contributed by atoms with Crippen LogP contribution in [0.3, 0.4) is 0 Å². The fourth-order valence-electron chi connectivity index (χ4n) is 2.97. The quantitative estimate of drug-likeness (QED) is 0.599. The monoisotopic (exact) mass is 428 g/mol. The molecule has 0 spiro atoms. The van der Waals surface area contributed by atoms with Crippen molar-refractivity contribution in [3.8, 4) is 17.2 Å². The van der Waals surface area contributed by atoms with Gasteiger partial charge < -0.3 is 24.8 Å². The first-order valence-corrected chi connectivity index (χ1v) is 10.2. The van der Waals surface area contributed by atoms with E-state index in [1.165, 1.54) is 14.2 Å². The van der Waals surface area contributed by atoms with Crippen LogP contribution in [0.1, 0.15) is 42.3 Å². The summed E-state index contributed by atoms with van der Waals surface area (Å²) in [5.41, 5.74) is 2.53. The zero-order valence-electron chi connectivity index (χ0n) is 19.1. The van der Waals surface area contributed by atoms with Gasteiger partial charge in [-0.3, -0.25) is 9.59 Å². The molecule has 2 aromatic rings. The molecular weight excluding hydrogens is 396 g/mol. The highest BCUT2D eigenvalue weighted by Gasteiger charge is 2.19. The smallest absolute Gasteiger partial charge is 0.258 e. The van der Waals surface area contributed by atoms with Crippen LogP contribution in [0.25, 0.3) is 0 Å². The van der Waals surface area contributed by atoms with Gasteiger partial charge in [-0.15, -0.1) is 0 Å². The van der Waals surface area contributed by atoms with Gasteiger partial charge in [0.1, 0.15) is 17.2 Å². The molecule has 0 bridgehead atoms. The van der Waals surface area contributed by atoms with Gasteiger partial charge in [-0.25, -0.2) is 0 Å².